The summed E-state index contributed by atoms with van der Waals surface area (Å²) >= 11 is 0. The Hall–Kier alpha value is -1.98. The van der Waals surface area contributed by atoms with Crippen LogP contribution in [0.1, 0.15) is 25.0 Å². The zero-order valence-electron chi connectivity index (χ0n) is 12.4. The second-order valence-corrected chi connectivity index (χ2v) is 5.31. The van der Waals surface area contributed by atoms with E-state index in [0.29, 0.717) is 17.7 Å². The third-order valence-corrected chi connectivity index (χ3v) is 2.85. The van der Waals surface area contributed by atoms with E-state index >= 15 is 0 Å². The van der Waals surface area contributed by atoms with Gasteiger partial charge in [-0.15, -0.1) is 0 Å². The Labute approximate surface area is 125 Å². The monoisotopic (exact) mass is 287 g/mol. The van der Waals surface area contributed by atoms with E-state index in [-0.39, 0.29) is 6.61 Å². The Morgan fingerprint density at radius 1 is 1.19 bits per heavy atom. The molecule has 0 unspecified atom stereocenters. The highest BCUT2D eigenvalue weighted by Gasteiger charge is 2.02. The maximum Gasteiger partial charge on any atom is 0.321 e. The van der Waals surface area contributed by atoms with Gasteiger partial charge in [0.15, 0.2) is 0 Å². The van der Waals surface area contributed by atoms with E-state index in [1.54, 1.807) is 24.5 Å². The molecule has 112 valence electrons. The van der Waals surface area contributed by atoms with Crippen molar-refractivity contribution >= 4 is 0 Å². The number of ether oxygens (including phenoxy) is 1. The summed E-state index contributed by atoms with van der Waals surface area (Å²) < 4.78 is 5.56. The minimum atomic E-state index is -0.0154. The zero-order valence-corrected chi connectivity index (χ0v) is 12.4. The summed E-state index contributed by atoms with van der Waals surface area (Å²) in [5, 5.41) is 12.4. The molecule has 0 aliphatic heterocycles. The van der Waals surface area contributed by atoms with Crippen LogP contribution < -0.4 is 10.1 Å². The normalized spacial score (nSPS) is 10.9. The van der Waals surface area contributed by atoms with Gasteiger partial charge in [-0.3, -0.25) is 0 Å². The average Bonchev–Trinajstić information content (AvgIpc) is 2.49. The van der Waals surface area contributed by atoms with Crippen molar-refractivity contribution in [2.24, 2.45) is 5.92 Å². The lowest BCUT2D eigenvalue weighted by Crippen LogP contribution is -2.19. The molecule has 0 amide bonds. The highest BCUT2D eigenvalue weighted by Crippen LogP contribution is 2.18. The van der Waals surface area contributed by atoms with Gasteiger partial charge in [0, 0.05) is 24.5 Å². The molecule has 5 nitrogen and oxygen atoms in total. The number of rotatable bonds is 7. The van der Waals surface area contributed by atoms with Crippen molar-refractivity contribution in [2.45, 2.75) is 27.0 Å². The molecule has 0 aliphatic rings. The molecule has 1 aromatic heterocycles. The van der Waals surface area contributed by atoms with Crippen LogP contribution in [0, 0.1) is 5.92 Å². The molecule has 1 aromatic carbocycles. The quantitative estimate of drug-likeness (QED) is 0.819. The minimum Gasteiger partial charge on any atom is -0.424 e. The number of aliphatic hydroxyl groups is 1. The van der Waals surface area contributed by atoms with E-state index in [4.69, 9.17) is 9.84 Å². The zero-order chi connectivity index (χ0) is 15.1. The molecule has 5 heteroatoms. The molecule has 0 saturated carbocycles. The fraction of sp³-hybridized carbons (Fsp3) is 0.375. The Morgan fingerprint density at radius 2 is 1.95 bits per heavy atom. The number of nitrogens with zero attached hydrogens (tertiary/aromatic N) is 2. The first kappa shape index (κ1) is 15.4. The largest absolute Gasteiger partial charge is 0.424 e. The van der Waals surface area contributed by atoms with E-state index < -0.39 is 0 Å². The lowest BCUT2D eigenvalue weighted by molar-refractivity contribution is 0.281. The van der Waals surface area contributed by atoms with Crippen molar-refractivity contribution < 1.29 is 9.84 Å². The van der Waals surface area contributed by atoms with Crippen molar-refractivity contribution in [1.82, 2.24) is 15.3 Å². The lowest BCUT2D eigenvalue weighted by atomic mass is 10.2. The first-order valence-corrected chi connectivity index (χ1v) is 7.06. The highest BCUT2D eigenvalue weighted by molar-refractivity contribution is 5.30. The molecule has 0 bridgehead atoms. The number of aromatic nitrogens is 2. The van der Waals surface area contributed by atoms with Crippen LogP contribution in [0.3, 0.4) is 0 Å². The number of nitrogens with one attached hydrogen (secondary N) is 1. The third-order valence-electron chi connectivity index (χ3n) is 2.85. The molecule has 0 spiro atoms. The Morgan fingerprint density at radius 3 is 2.62 bits per heavy atom. The fourth-order valence-corrected chi connectivity index (χ4v) is 1.80. The van der Waals surface area contributed by atoms with Crippen molar-refractivity contribution in [2.75, 3.05) is 6.54 Å². The topological polar surface area (TPSA) is 67.3 Å². The number of hydrogen-bond donors (Lipinski definition) is 2. The van der Waals surface area contributed by atoms with E-state index in [2.05, 4.69) is 29.1 Å². The second-order valence-electron chi connectivity index (χ2n) is 5.31. The van der Waals surface area contributed by atoms with Crippen molar-refractivity contribution in [1.29, 1.82) is 0 Å². The molecular weight excluding hydrogens is 266 g/mol. The first-order chi connectivity index (χ1) is 10.2. The summed E-state index contributed by atoms with van der Waals surface area (Å²) in [4.78, 5) is 8.38. The van der Waals surface area contributed by atoms with Crippen LogP contribution in [0.25, 0.3) is 0 Å². The summed E-state index contributed by atoms with van der Waals surface area (Å²) in [7, 11) is 0. The van der Waals surface area contributed by atoms with Crippen LogP contribution in [0.4, 0.5) is 0 Å². The van der Waals surface area contributed by atoms with E-state index in [1.165, 1.54) is 0 Å². The van der Waals surface area contributed by atoms with Crippen LogP contribution in [0.5, 0.6) is 11.8 Å². The fourth-order valence-electron chi connectivity index (χ4n) is 1.80. The van der Waals surface area contributed by atoms with Crippen LogP contribution in [0.15, 0.2) is 36.7 Å². The van der Waals surface area contributed by atoms with Gasteiger partial charge in [0.1, 0.15) is 5.75 Å². The smallest absolute Gasteiger partial charge is 0.321 e. The summed E-state index contributed by atoms with van der Waals surface area (Å²) in [5.41, 5.74) is 1.81. The maximum atomic E-state index is 9.09. The van der Waals surface area contributed by atoms with Crippen molar-refractivity contribution in [3.8, 4) is 11.8 Å². The summed E-state index contributed by atoms with van der Waals surface area (Å²) in [6, 6.07) is 7.53. The highest BCUT2D eigenvalue weighted by atomic mass is 16.5. The van der Waals surface area contributed by atoms with E-state index in [9.17, 15) is 0 Å². The van der Waals surface area contributed by atoms with Gasteiger partial charge in [-0.05, 0) is 30.2 Å². The summed E-state index contributed by atoms with van der Waals surface area (Å²) in [6.07, 6.45) is 3.51. The molecule has 0 radical (unpaired) electrons. The van der Waals surface area contributed by atoms with E-state index in [0.717, 1.165) is 24.2 Å². The predicted molar refractivity (Wildman–Crippen MR) is 81.0 cm³/mol. The maximum absolute atomic E-state index is 9.09. The van der Waals surface area contributed by atoms with Crippen LogP contribution >= 0.6 is 0 Å². The first-order valence-electron chi connectivity index (χ1n) is 7.06. The van der Waals surface area contributed by atoms with Gasteiger partial charge < -0.3 is 15.2 Å². The molecule has 0 atom stereocenters. The SMILES string of the molecule is CC(C)CNCc1cnc(Oc2cccc(CO)c2)nc1. The van der Waals surface area contributed by atoms with Gasteiger partial charge in [-0.25, -0.2) is 9.97 Å². The standard InChI is InChI=1S/C16H21N3O2/c1-12(2)7-17-8-14-9-18-16(19-10-14)21-15-5-3-4-13(6-15)11-20/h3-6,9-10,12,17,20H,7-8,11H2,1-2H3. The second kappa shape index (κ2) is 7.71. The molecule has 0 saturated heterocycles. The summed E-state index contributed by atoms with van der Waals surface area (Å²) in [5.74, 6) is 1.24. The van der Waals surface area contributed by atoms with Gasteiger partial charge >= 0.3 is 6.01 Å². The molecule has 2 rings (SSSR count). The van der Waals surface area contributed by atoms with Crippen LogP contribution in [0.2, 0.25) is 0 Å². The van der Waals surface area contributed by atoms with Gasteiger partial charge in [0.2, 0.25) is 0 Å². The average molecular weight is 287 g/mol. The Kier molecular flexibility index (Phi) is 5.66. The lowest BCUT2D eigenvalue weighted by Gasteiger charge is -2.08. The van der Waals surface area contributed by atoms with E-state index in [1.807, 2.05) is 12.1 Å². The van der Waals surface area contributed by atoms with Crippen LogP contribution in [-0.2, 0) is 13.2 Å². The third kappa shape index (κ3) is 5.13. The van der Waals surface area contributed by atoms with Gasteiger partial charge in [-0.2, -0.15) is 0 Å². The number of benzene rings is 1. The molecule has 2 aromatic rings. The predicted octanol–water partition coefficient (Wildman–Crippen LogP) is 2.51. The van der Waals surface area contributed by atoms with Crippen LogP contribution in [-0.4, -0.2) is 21.6 Å². The Balaban J connectivity index is 1.92. The van der Waals surface area contributed by atoms with Gasteiger partial charge in [-0.1, -0.05) is 26.0 Å². The van der Waals surface area contributed by atoms with Gasteiger partial charge in [0.05, 0.1) is 6.61 Å². The van der Waals surface area contributed by atoms with Crippen molar-refractivity contribution in [3.63, 3.8) is 0 Å². The molecule has 1 heterocycles. The molecule has 2 N–H and O–H groups in total. The van der Waals surface area contributed by atoms with Crippen molar-refractivity contribution in [3.05, 3.63) is 47.8 Å². The summed E-state index contributed by atoms with van der Waals surface area (Å²) in [6.45, 7) is 6.03. The number of hydrogen-bond acceptors (Lipinski definition) is 5. The molecule has 21 heavy (non-hydrogen) atoms. The molecule has 0 aliphatic carbocycles. The molecular formula is C16H21N3O2. The molecule has 0 fully saturated rings. The Bertz CT molecular complexity index is 556. The number of aliphatic hydroxyl groups excluding tert-OH is 1. The van der Waals surface area contributed by atoms with Gasteiger partial charge in [0.25, 0.3) is 0 Å². The minimum absolute atomic E-state index is 0.0154.